The SMILES string of the molecule is CC(C)(N)CCN1CCn2cnnc2C1. The lowest BCUT2D eigenvalue weighted by Gasteiger charge is -2.29. The Hall–Kier alpha value is -0.940. The Bertz CT molecular complexity index is 325. The Morgan fingerprint density at radius 3 is 3.00 bits per heavy atom. The van der Waals surface area contributed by atoms with Crippen LogP contribution in [0, 0.1) is 0 Å². The Morgan fingerprint density at radius 2 is 2.27 bits per heavy atom. The minimum absolute atomic E-state index is 0.0783. The van der Waals surface area contributed by atoms with Gasteiger partial charge in [0.15, 0.2) is 0 Å². The summed E-state index contributed by atoms with van der Waals surface area (Å²) in [5.74, 6) is 1.07. The number of rotatable bonds is 3. The molecule has 0 aromatic carbocycles. The molecular formula is C10H19N5. The Kier molecular flexibility index (Phi) is 2.75. The maximum atomic E-state index is 5.97. The number of aromatic nitrogens is 3. The van der Waals surface area contributed by atoms with E-state index < -0.39 is 0 Å². The zero-order valence-corrected chi connectivity index (χ0v) is 9.48. The molecule has 0 fully saturated rings. The maximum absolute atomic E-state index is 5.97. The van der Waals surface area contributed by atoms with Crippen molar-refractivity contribution < 1.29 is 0 Å². The van der Waals surface area contributed by atoms with Gasteiger partial charge < -0.3 is 10.3 Å². The molecule has 2 rings (SSSR count). The lowest BCUT2D eigenvalue weighted by molar-refractivity contribution is 0.200. The molecule has 84 valence electrons. The van der Waals surface area contributed by atoms with Crippen molar-refractivity contribution in [1.29, 1.82) is 0 Å². The molecule has 1 aliphatic rings. The van der Waals surface area contributed by atoms with E-state index in [0.29, 0.717) is 0 Å². The molecule has 1 aliphatic heterocycles. The van der Waals surface area contributed by atoms with E-state index >= 15 is 0 Å². The highest BCUT2D eigenvalue weighted by Crippen LogP contribution is 2.12. The van der Waals surface area contributed by atoms with Crippen LogP contribution in [0.15, 0.2) is 6.33 Å². The predicted octanol–water partition coefficient (Wildman–Crippen LogP) is 0.221. The molecule has 1 aromatic rings. The summed E-state index contributed by atoms with van der Waals surface area (Å²) in [7, 11) is 0. The molecule has 0 aliphatic carbocycles. The van der Waals surface area contributed by atoms with Crippen molar-refractivity contribution in [2.24, 2.45) is 5.73 Å². The monoisotopic (exact) mass is 209 g/mol. The van der Waals surface area contributed by atoms with Crippen LogP contribution in [-0.2, 0) is 13.1 Å². The van der Waals surface area contributed by atoms with Crippen molar-refractivity contribution in [1.82, 2.24) is 19.7 Å². The van der Waals surface area contributed by atoms with Crippen LogP contribution in [0.1, 0.15) is 26.1 Å². The quantitative estimate of drug-likeness (QED) is 0.773. The summed E-state index contributed by atoms with van der Waals surface area (Å²) in [6, 6.07) is 0. The number of nitrogens with zero attached hydrogens (tertiary/aromatic N) is 4. The fraction of sp³-hybridized carbons (Fsp3) is 0.800. The van der Waals surface area contributed by atoms with E-state index in [1.165, 1.54) is 0 Å². The summed E-state index contributed by atoms with van der Waals surface area (Å²) in [4.78, 5) is 2.39. The molecule has 5 nitrogen and oxygen atoms in total. The van der Waals surface area contributed by atoms with Crippen LogP contribution in [0.4, 0.5) is 0 Å². The number of hydrogen-bond donors (Lipinski definition) is 1. The van der Waals surface area contributed by atoms with Crippen molar-refractivity contribution in [2.75, 3.05) is 13.1 Å². The summed E-state index contributed by atoms with van der Waals surface area (Å²) in [6.45, 7) is 8.14. The lowest BCUT2D eigenvalue weighted by Crippen LogP contribution is -2.40. The molecule has 15 heavy (non-hydrogen) atoms. The van der Waals surface area contributed by atoms with Crippen LogP contribution >= 0.6 is 0 Å². The van der Waals surface area contributed by atoms with Gasteiger partial charge in [0, 0.05) is 25.2 Å². The zero-order chi connectivity index (χ0) is 10.9. The first-order valence-corrected chi connectivity index (χ1v) is 5.42. The molecule has 0 spiro atoms. The Morgan fingerprint density at radius 1 is 1.47 bits per heavy atom. The average Bonchev–Trinajstić information content (AvgIpc) is 2.60. The van der Waals surface area contributed by atoms with Gasteiger partial charge in [0.05, 0.1) is 6.54 Å². The van der Waals surface area contributed by atoms with E-state index in [-0.39, 0.29) is 5.54 Å². The average molecular weight is 209 g/mol. The first kappa shape index (κ1) is 10.6. The van der Waals surface area contributed by atoms with Gasteiger partial charge in [-0.15, -0.1) is 10.2 Å². The minimum Gasteiger partial charge on any atom is -0.326 e. The van der Waals surface area contributed by atoms with Crippen LogP contribution < -0.4 is 5.73 Å². The Labute approximate surface area is 90.3 Å². The van der Waals surface area contributed by atoms with Crippen LogP contribution in [0.25, 0.3) is 0 Å². The topological polar surface area (TPSA) is 60.0 Å². The first-order chi connectivity index (χ1) is 7.04. The molecule has 5 heteroatoms. The second-order valence-electron chi connectivity index (χ2n) is 4.96. The van der Waals surface area contributed by atoms with Crippen molar-refractivity contribution >= 4 is 0 Å². The molecule has 0 saturated carbocycles. The van der Waals surface area contributed by atoms with E-state index in [4.69, 9.17) is 5.73 Å². The first-order valence-electron chi connectivity index (χ1n) is 5.42. The molecule has 2 N–H and O–H groups in total. The summed E-state index contributed by atoms with van der Waals surface area (Å²) in [5, 5.41) is 8.00. The van der Waals surface area contributed by atoms with Gasteiger partial charge in [-0.1, -0.05) is 0 Å². The summed E-state index contributed by atoms with van der Waals surface area (Å²) in [5.41, 5.74) is 5.89. The molecule has 0 radical (unpaired) electrons. The predicted molar refractivity (Wildman–Crippen MR) is 58.2 cm³/mol. The molecule has 0 amide bonds. The minimum atomic E-state index is -0.0783. The highest BCUT2D eigenvalue weighted by Gasteiger charge is 2.19. The molecule has 0 unspecified atom stereocenters. The van der Waals surface area contributed by atoms with Gasteiger partial charge in [-0.3, -0.25) is 4.90 Å². The molecule has 1 aromatic heterocycles. The number of nitrogens with two attached hydrogens (primary N) is 1. The molecule has 0 saturated heterocycles. The second-order valence-corrected chi connectivity index (χ2v) is 4.96. The number of fused-ring (bicyclic) bond motifs is 1. The van der Waals surface area contributed by atoms with Crippen molar-refractivity contribution in [3.8, 4) is 0 Å². The van der Waals surface area contributed by atoms with Gasteiger partial charge in [-0.2, -0.15) is 0 Å². The van der Waals surface area contributed by atoms with Gasteiger partial charge in [-0.05, 0) is 20.3 Å². The van der Waals surface area contributed by atoms with Crippen molar-refractivity contribution in [3.63, 3.8) is 0 Å². The fourth-order valence-corrected chi connectivity index (χ4v) is 1.75. The van der Waals surface area contributed by atoms with E-state index in [2.05, 4.69) is 33.5 Å². The van der Waals surface area contributed by atoms with Gasteiger partial charge in [0.1, 0.15) is 12.2 Å². The van der Waals surface area contributed by atoms with Crippen LogP contribution in [0.2, 0.25) is 0 Å². The highest BCUT2D eigenvalue weighted by molar-refractivity contribution is 4.90. The van der Waals surface area contributed by atoms with E-state index in [1.807, 2.05) is 0 Å². The highest BCUT2D eigenvalue weighted by atomic mass is 15.3. The third kappa shape index (κ3) is 2.76. The molecule has 2 heterocycles. The van der Waals surface area contributed by atoms with E-state index in [1.54, 1.807) is 6.33 Å². The van der Waals surface area contributed by atoms with Crippen LogP contribution in [0.5, 0.6) is 0 Å². The van der Waals surface area contributed by atoms with E-state index in [0.717, 1.165) is 38.4 Å². The summed E-state index contributed by atoms with van der Waals surface area (Å²) in [6.07, 6.45) is 2.82. The maximum Gasteiger partial charge on any atom is 0.147 e. The second kappa shape index (κ2) is 3.90. The Balaban J connectivity index is 1.88. The molecule has 0 bridgehead atoms. The third-order valence-corrected chi connectivity index (χ3v) is 2.79. The van der Waals surface area contributed by atoms with Crippen molar-refractivity contribution in [2.45, 2.75) is 38.9 Å². The summed E-state index contributed by atoms with van der Waals surface area (Å²) < 4.78 is 2.12. The molecule has 0 atom stereocenters. The normalized spacial score (nSPS) is 17.8. The number of hydrogen-bond acceptors (Lipinski definition) is 4. The van der Waals surface area contributed by atoms with Crippen LogP contribution in [0.3, 0.4) is 0 Å². The fourth-order valence-electron chi connectivity index (χ4n) is 1.75. The van der Waals surface area contributed by atoms with Gasteiger partial charge in [-0.25, -0.2) is 0 Å². The van der Waals surface area contributed by atoms with Crippen molar-refractivity contribution in [3.05, 3.63) is 12.2 Å². The third-order valence-electron chi connectivity index (χ3n) is 2.79. The van der Waals surface area contributed by atoms with Gasteiger partial charge in [0.2, 0.25) is 0 Å². The summed E-state index contributed by atoms with van der Waals surface area (Å²) >= 11 is 0. The van der Waals surface area contributed by atoms with Gasteiger partial charge in [0.25, 0.3) is 0 Å². The smallest absolute Gasteiger partial charge is 0.147 e. The lowest BCUT2D eigenvalue weighted by atomic mass is 10.0. The largest absolute Gasteiger partial charge is 0.326 e. The zero-order valence-electron chi connectivity index (χ0n) is 9.48. The van der Waals surface area contributed by atoms with E-state index in [9.17, 15) is 0 Å². The standard InChI is InChI=1S/C10H19N5/c1-10(2,11)3-4-14-5-6-15-8-12-13-9(15)7-14/h8H,3-7,11H2,1-2H3. The molecular weight excluding hydrogens is 190 g/mol. The van der Waals surface area contributed by atoms with Crippen LogP contribution in [-0.4, -0.2) is 38.3 Å². The van der Waals surface area contributed by atoms with Gasteiger partial charge >= 0.3 is 0 Å².